The second-order valence-corrected chi connectivity index (χ2v) is 7.60. The van der Waals surface area contributed by atoms with Crippen molar-refractivity contribution in [1.29, 1.82) is 0 Å². The molecule has 8 heteroatoms. The molecule has 0 atom stereocenters. The fraction of sp³-hybridized carbons (Fsp3) is 0.278. The summed E-state index contributed by atoms with van der Waals surface area (Å²) in [4.78, 5) is 24.9. The molecular weight excluding hydrogens is 357 g/mol. The molecule has 1 fully saturated rings. The molecule has 0 radical (unpaired) electrons. The van der Waals surface area contributed by atoms with Gasteiger partial charge in [0.15, 0.2) is 0 Å². The Bertz CT molecular complexity index is 1020. The number of halogens is 1. The van der Waals surface area contributed by atoms with Crippen LogP contribution in [0.1, 0.15) is 28.2 Å². The molecule has 0 bridgehead atoms. The van der Waals surface area contributed by atoms with Crippen LogP contribution in [0.2, 0.25) is 0 Å². The highest BCUT2D eigenvalue weighted by molar-refractivity contribution is 7.20. The Labute approximate surface area is 152 Å². The first-order valence-electron chi connectivity index (χ1n) is 8.16. The molecule has 0 saturated heterocycles. The van der Waals surface area contributed by atoms with Gasteiger partial charge in [0.05, 0.1) is 21.7 Å². The van der Waals surface area contributed by atoms with Crippen molar-refractivity contribution >= 4 is 33.4 Å². The van der Waals surface area contributed by atoms with Gasteiger partial charge in [-0.25, -0.2) is 9.07 Å². The van der Waals surface area contributed by atoms with E-state index in [1.807, 2.05) is 6.92 Å². The van der Waals surface area contributed by atoms with Crippen molar-refractivity contribution < 1.29 is 19.1 Å². The number of carbonyl (C=O) groups is 2. The standard InChI is InChI=1S/C18H16FN3O3S/c1-10-13-8-14(15(23)20-9-18(6-7-18)17(24)25)26-16(13)22(21-10)12-4-2-11(19)3-5-12/h2-5,8H,6-7,9H2,1H3,(H,20,23)(H,24,25). The van der Waals surface area contributed by atoms with Crippen LogP contribution >= 0.6 is 11.3 Å². The van der Waals surface area contributed by atoms with Crippen molar-refractivity contribution in [3.05, 3.63) is 46.7 Å². The molecule has 26 heavy (non-hydrogen) atoms. The predicted octanol–water partition coefficient (Wildman–Crippen LogP) is 3.13. The van der Waals surface area contributed by atoms with E-state index in [0.717, 1.165) is 15.9 Å². The van der Waals surface area contributed by atoms with Crippen molar-refractivity contribution in [2.24, 2.45) is 5.41 Å². The van der Waals surface area contributed by atoms with Gasteiger partial charge < -0.3 is 10.4 Å². The van der Waals surface area contributed by atoms with Crippen molar-refractivity contribution in [3.8, 4) is 5.69 Å². The Kier molecular flexibility index (Phi) is 3.80. The van der Waals surface area contributed by atoms with Crippen LogP contribution in [0.15, 0.2) is 30.3 Å². The van der Waals surface area contributed by atoms with E-state index in [1.165, 1.54) is 23.5 Å². The smallest absolute Gasteiger partial charge is 0.311 e. The van der Waals surface area contributed by atoms with Gasteiger partial charge in [-0.1, -0.05) is 0 Å². The minimum absolute atomic E-state index is 0.137. The lowest BCUT2D eigenvalue weighted by atomic mass is 10.1. The summed E-state index contributed by atoms with van der Waals surface area (Å²) in [7, 11) is 0. The summed E-state index contributed by atoms with van der Waals surface area (Å²) >= 11 is 1.28. The lowest BCUT2D eigenvalue weighted by molar-refractivity contribution is -0.143. The van der Waals surface area contributed by atoms with Crippen LogP contribution in [0.4, 0.5) is 4.39 Å². The van der Waals surface area contributed by atoms with Crippen LogP contribution in [0, 0.1) is 18.2 Å². The Morgan fingerprint density at radius 1 is 1.35 bits per heavy atom. The number of aliphatic carboxylic acids is 1. The van der Waals surface area contributed by atoms with Gasteiger partial charge in [-0.2, -0.15) is 5.10 Å². The van der Waals surface area contributed by atoms with E-state index in [0.29, 0.717) is 23.4 Å². The molecule has 6 nitrogen and oxygen atoms in total. The zero-order chi connectivity index (χ0) is 18.5. The molecule has 0 spiro atoms. The van der Waals surface area contributed by atoms with Gasteiger partial charge in [-0.05, 0) is 50.1 Å². The summed E-state index contributed by atoms with van der Waals surface area (Å²) in [5.74, 6) is -1.48. The highest BCUT2D eigenvalue weighted by atomic mass is 32.1. The first-order chi connectivity index (χ1) is 12.4. The Hall–Kier alpha value is -2.74. The monoisotopic (exact) mass is 373 g/mol. The minimum atomic E-state index is -0.864. The van der Waals surface area contributed by atoms with Gasteiger partial charge in [-0.15, -0.1) is 11.3 Å². The lowest BCUT2D eigenvalue weighted by Gasteiger charge is -2.10. The molecule has 1 aliphatic carbocycles. The molecule has 2 aromatic heterocycles. The Balaban J connectivity index is 1.61. The number of aryl methyl sites for hydroxylation is 1. The quantitative estimate of drug-likeness (QED) is 0.720. The van der Waals surface area contributed by atoms with Crippen LogP contribution in [-0.4, -0.2) is 33.3 Å². The summed E-state index contributed by atoms with van der Waals surface area (Å²) in [6.07, 6.45) is 1.18. The Morgan fingerprint density at radius 3 is 2.65 bits per heavy atom. The summed E-state index contributed by atoms with van der Waals surface area (Å²) in [5, 5.41) is 17.2. The molecule has 2 heterocycles. The average Bonchev–Trinajstić information content (AvgIpc) is 3.19. The normalized spacial score (nSPS) is 15.2. The number of rotatable bonds is 5. The van der Waals surface area contributed by atoms with Crippen LogP contribution in [0.5, 0.6) is 0 Å². The molecule has 2 N–H and O–H groups in total. The number of nitrogens with one attached hydrogen (secondary N) is 1. The van der Waals surface area contributed by atoms with Crippen molar-refractivity contribution in [2.45, 2.75) is 19.8 Å². The van der Waals surface area contributed by atoms with Gasteiger partial charge in [0, 0.05) is 11.9 Å². The molecule has 0 aliphatic heterocycles. The van der Waals surface area contributed by atoms with E-state index in [9.17, 15) is 19.1 Å². The zero-order valence-electron chi connectivity index (χ0n) is 14.0. The summed E-state index contributed by atoms with van der Waals surface area (Å²) in [6, 6.07) is 7.74. The fourth-order valence-electron chi connectivity index (χ4n) is 2.87. The van der Waals surface area contributed by atoms with E-state index in [2.05, 4.69) is 10.4 Å². The first-order valence-corrected chi connectivity index (χ1v) is 8.98. The summed E-state index contributed by atoms with van der Waals surface area (Å²) < 4.78 is 14.8. The molecule has 0 unspecified atom stereocenters. The van der Waals surface area contributed by atoms with E-state index in [1.54, 1.807) is 22.9 Å². The third kappa shape index (κ3) is 2.76. The molecule has 1 aliphatic rings. The summed E-state index contributed by atoms with van der Waals surface area (Å²) in [5.41, 5.74) is 0.678. The van der Waals surface area contributed by atoms with E-state index < -0.39 is 11.4 Å². The zero-order valence-corrected chi connectivity index (χ0v) is 14.8. The predicted molar refractivity (Wildman–Crippen MR) is 95.3 cm³/mol. The van der Waals surface area contributed by atoms with E-state index in [-0.39, 0.29) is 18.3 Å². The molecule has 1 aromatic carbocycles. The van der Waals surface area contributed by atoms with Gasteiger partial charge in [0.1, 0.15) is 10.6 Å². The maximum Gasteiger partial charge on any atom is 0.311 e. The van der Waals surface area contributed by atoms with Gasteiger partial charge in [0.2, 0.25) is 0 Å². The number of carboxylic acid groups (broad SMARTS) is 1. The second-order valence-electron chi connectivity index (χ2n) is 6.57. The highest BCUT2D eigenvalue weighted by Gasteiger charge is 2.50. The van der Waals surface area contributed by atoms with Crippen molar-refractivity contribution in [3.63, 3.8) is 0 Å². The maximum atomic E-state index is 13.2. The summed E-state index contributed by atoms with van der Waals surface area (Å²) in [6.45, 7) is 1.98. The SMILES string of the molecule is Cc1nn(-c2ccc(F)cc2)c2sc(C(=O)NCC3(C(=O)O)CC3)cc12. The fourth-order valence-corrected chi connectivity index (χ4v) is 3.97. The number of nitrogens with zero attached hydrogens (tertiary/aromatic N) is 2. The molecule has 1 amide bonds. The molecule has 1 saturated carbocycles. The third-order valence-electron chi connectivity index (χ3n) is 4.73. The molecule has 4 rings (SSSR count). The van der Waals surface area contributed by atoms with Gasteiger partial charge in [-0.3, -0.25) is 9.59 Å². The molecule has 3 aromatic rings. The van der Waals surface area contributed by atoms with Crippen molar-refractivity contribution in [2.75, 3.05) is 6.54 Å². The van der Waals surface area contributed by atoms with Crippen LogP contribution in [-0.2, 0) is 4.79 Å². The number of carbonyl (C=O) groups excluding carboxylic acids is 1. The number of benzene rings is 1. The van der Waals surface area contributed by atoms with Gasteiger partial charge in [0.25, 0.3) is 5.91 Å². The number of amides is 1. The maximum absolute atomic E-state index is 13.2. The number of hydrogen-bond donors (Lipinski definition) is 2. The van der Waals surface area contributed by atoms with Gasteiger partial charge >= 0.3 is 5.97 Å². The average molecular weight is 373 g/mol. The molecule has 134 valence electrons. The van der Waals surface area contributed by atoms with Crippen LogP contribution in [0.3, 0.4) is 0 Å². The topological polar surface area (TPSA) is 84.2 Å². The Morgan fingerprint density at radius 2 is 2.04 bits per heavy atom. The number of carboxylic acids is 1. The van der Waals surface area contributed by atoms with Crippen LogP contribution in [0.25, 0.3) is 15.9 Å². The highest BCUT2D eigenvalue weighted by Crippen LogP contribution is 2.45. The second kappa shape index (κ2) is 5.91. The van der Waals surface area contributed by atoms with Crippen LogP contribution < -0.4 is 5.32 Å². The number of hydrogen-bond acceptors (Lipinski definition) is 4. The largest absolute Gasteiger partial charge is 0.481 e. The third-order valence-corrected chi connectivity index (χ3v) is 5.84. The van der Waals surface area contributed by atoms with Crippen molar-refractivity contribution in [1.82, 2.24) is 15.1 Å². The number of aromatic nitrogens is 2. The molecular formula is C18H16FN3O3S. The first kappa shape index (κ1) is 16.7. The number of thiophene rings is 1. The lowest BCUT2D eigenvalue weighted by Crippen LogP contribution is -2.33. The van der Waals surface area contributed by atoms with E-state index >= 15 is 0 Å². The minimum Gasteiger partial charge on any atom is -0.481 e. The number of fused-ring (bicyclic) bond motifs is 1. The van der Waals surface area contributed by atoms with E-state index in [4.69, 9.17) is 0 Å².